The van der Waals surface area contributed by atoms with Gasteiger partial charge in [-0.1, -0.05) is 61.0 Å². The molecular formula is C25H33N3O. The van der Waals surface area contributed by atoms with Gasteiger partial charge in [-0.2, -0.15) is 0 Å². The predicted molar refractivity (Wildman–Crippen MR) is 117 cm³/mol. The Hall–Kier alpha value is -2.17. The fourth-order valence-corrected chi connectivity index (χ4v) is 4.67. The van der Waals surface area contributed by atoms with Crippen molar-refractivity contribution < 1.29 is 4.79 Å². The maximum absolute atomic E-state index is 13.0. The van der Waals surface area contributed by atoms with Gasteiger partial charge in [-0.25, -0.2) is 0 Å². The van der Waals surface area contributed by atoms with Crippen molar-refractivity contribution in [2.45, 2.75) is 57.8 Å². The van der Waals surface area contributed by atoms with Crippen molar-refractivity contribution in [3.8, 4) is 0 Å². The van der Waals surface area contributed by atoms with Gasteiger partial charge in [0, 0.05) is 19.6 Å². The van der Waals surface area contributed by atoms with Gasteiger partial charge in [0.1, 0.15) is 0 Å². The van der Waals surface area contributed by atoms with Gasteiger partial charge in [0.25, 0.3) is 0 Å². The molecule has 0 aliphatic carbocycles. The number of carbonyl (C=O) groups excluding carboxylic acids is 1. The quantitative estimate of drug-likeness (QED) is 0.776. The Labute approximate surface area is 174 Å². The number of nitrogens with one attached hydrogen (secondary N) is 1. The molecule has 4 nitrogen and oxygen atoms in total. The van der Waals surface area contributed by atoms with Crippen molar-refractivity contribution in [1.82, 2.24) is 15.1 Å². The highest BCUT2D eigenvalue weighted by Gasteiger charge is 2.30. The van der Waals surface area contributed by atoms with Crippen molar-refractivity contribution in [2.75, 3.05) is 19.6 Å². The number of piperidine rings is 1. The zero-order valence-electron chi connectivity index (χ0n) is 17.4. The summed E-state index contributed by atoms with van der Waals surface area (Å²) in [5.41, 5.74) is 3.88. The molecule has 0 radical (unpaired) electrons. The molecule has 0 bridgehead atoms. The summed E-state index contributed by atoms with van der Waals surface area (Å²) in [5, 5.41) is 3.24. The van der Waals surface area contributed by atoms with Gasteiger partial charge in [0.2, 0.25) is 5.91 Å². The Bertz CT molecular complexity index is 786. The maximum Gasteiger partial charge on any atom is 0.237 e. The zero-order valence-corrected chi connectivity index (χ0v) is 17.4. The van der Waals surface area contributed by atoms with Gasteiger partial charge in [0.05, 0.1) is 6.04 Å². The first-order valence-electron chi connectivity index (χ1n) is 11.1. The van der Waals surface area contributed by atoms with E-state index in [1.54, 1.807) is 0 Å². The number of carbonyl (C=O) groups is 1. The largest absolute Gasteiger partial charge is 0.351 e. The molecule has 1 unspecified atom stereocenters. The van der Waals surface area contributed by atoms with Gasteiger partial charge in [-0.05, 0) is 62.0 Å². The van der Waals surface area contributed by atoms with Crippen LogP contribution in [0.4, 0.5) is 0 Å². The molecule has 2 aliphatic rings. The van der Waals surface area contributed by atoms with E-state index in [1.807, 2.05) is 6.07 Å². The topological polar surface area (TPSA) is 35.6 Å². The van der Waals surface area contributed by atoms with Crippen molar-refractivity contribution in [3.63, 3.8) is 0 Å². The van der Waals surface area contributed by atoms with E-state index in [9.17, 15) is 4.79 Å². The van der Waals surface area contributed by atoms with Crippen LogP contribution in [-0.4, -0.2) is 41.4 Å². The first kappa shape index (κ1) is 20.1. The Morgan fingerprint density at radius 1 is 0.828 bits per heavy atom. The molecule has 4 heteroatoms. The predicted octanol–water partition coefficient (Wildman–Crippen LogP) is 3.95. The van der Waals surface area contributed by atoms with E-state index >= 15 is 0 Å². The Morgan fingerprint density at radius 2 is 1.55 bits per heavy atom. The molecule has 2 aliphatic heterocycles. The molecular weight excluding hydrogens is 358 g/mol. The first-order valence-corrected chi connectivity index (χ1v) is 11.1. The normalized spacial score (nSPS) is 20.6. The number of hydrogen-bond donors (Lipinski definition) is 1. The molecule has 1 N–H and O–H groups in total. The van der Waals surface area contributed by atoms with E-state index in [2.05, 4.69) is 63.6 Å². The third-order valence-corrected chi connectivity index (χ3v) is 6.31. The fourth-order valence-electron chi connectivity index (χ4n) is 4.67. The van der Waals surface area contributed by atoms with Gasteiger partial charge in [-0.3, -0.25) is 14.6 Å². The number of amides is 1. The van der Waals surface area contributed by atoms with Crippen LogP contribution in [0.25, 0.3) is 0 Å². The molecule has 2 heterocycles. The molecule has 0 aromatic heterocycles. The van der Waals surface area contributed by atoms with Crippen LogP contribution >= 0.6 is 0 Å². The standard InChI is InChI=1S/C25H33N3O/c29-25(24-14-9-17-28(24)19-21-10-3-1-4-11-21)26-18-22-12-5-6-13-23(22)20-27-15-7-2-8-16-27/h1,3-6,10-13,24H,2,7-9,14-20H2,(H,26,29). The summed E-state index contributed by atoms with van der Waals surface area (Å²) >= 11 is 0. The maximum atomic E-state index is 13.0. The van der Waals surface area contributed by atoms with Crippen LogP contribution in [0, 0.1) is 0 Å². The molecule has 2 saturated heterocycles. The van der Waals surface area contributed by atoms with Crippen LogP contribution in [0.3, 0.4) is 0 Å². The van der Waals surface area contributed by atoms with Crippen LogP contribution in [0.5, 0.6) is 0 Å². The summed E-state index contributed by atoms with van der Waals surface area (Å²) < 4.78 is 0. The van der Waals surface area contributed by atoms with Gasteiger partial charge in [0.15, 0.2) is 0 Å². The summed E-state index contributed by atoms with van der Waals surface area (Å²) in [6.45, 7) is 5.85. The van der Waals surface area contributed by atoms with Crippen LogP contribution < -0.4 is 5.32 Å². The average molecular weight is 392 g/mol. The third-order valence-electron chi connectivity index (χ3n) is 6.31. The molecule has 2 aromatic rings. The van der Waals surface area contributed by atoms with Crippen LogP contribution in [0.15, 0.2) is 54.6 Å². The summed E-state index contributed by atoms with van der Waals surface area (Å²) in [6, 6.07) is 19.0. The SMILES string of the molecule is O=C(NCc1ccccc1CN1CCCCC1)C1CCCN1Cc1ccccc1. The van der Waals surface area contributed by atoms with Crippen molar-refractivity contribution in [1.29, 1.82) is 0 Å². The van der Waals surface area contributed by atoms with Gasteiger partial charge < -0.3 is 5.32 Å². The molecule has 0 saturated carbocycles. The fraction of sp³-hybridized carbons (Fsp3) is 0.480. The van der Waals surface area contributed by atoms with E-state index in [-0.39, 0.29) is 11.9 Å². The summed E-state index contributed by atoms with van der Waals surface area (Å²) in [7, 11) is 0. The molecule has 1 atom stereocenters. The molecule has 2 fully saturated rings. The summed E-state index contributed by atoms with van der Waals surface area (Å²) in [6.07, 6.45) is 6.01. The van der Waals surface area contributed by atoms with E-state index in [0.717, 1.165) is 32.5 Å². The van der Waals surface area contributed by atoms with Crippen molar-refractivity contribution >= 4 is 5.91 Å². The monoisotopic (exact) mass is 391 g/mol. The number of rotatable bonds is 7. The lowest BCUT2D eigenvalue weighted by atomic mass is 10.0. The van der Waals surface area contributed by atoms with Gasteiger partial charge >= 0.3 is 0 Å². The number of likely N-dealkylation sites (tertiary alicyclic amines) is 2. The number of hydrogen-bond acceptors (Lipinski definition) is 3. The molecule has 0 spiro atoms. The second kappa shape index (κ2) is 10.0. The Balaban J connectivity index is 1.34. The van der Waals surface area contributed by atoms with Crippen LogP contribution in [0.1, 0.15) is 48.8 Å². The van der Waals surface area contributed by atoms with E-state index in [1.165, 1.54) is 49.0 Å². The van der Waals surface area contributed by atoms with Gasteiger partial charge in [-0.15, -0.1) is 0 Å². The Kier molecular flexibility index (Phi) is 6.96. The lowest BCUT2D eigenvalue weighted by Gasteiger charge is -2.27. The zero-order chi connectivity index (χ0) is 19.9. The van der Waals surface area contributed by atoms with Crippen LogP contribution in [-0.2, 0) is 24.4 Å². The molecule has 29 heavy (non-hydrogen) atoms. The average Bonchev–Trinajstić information content (AvgIpc) is 3.22. The second-order valence-electron chi connectivity index (χ2n) is 8.44. The second-order valence-corrected chi connectivity index (χ2v) is 8.44. The first-order chi connectivity index (χ1) is 14.3. The number of nitrogens with zero attached hydrogens (tertiary/aromatic N) is 2. The highest BCUT2D eigenvalue weighted by molar-refractivity contribution is 5.82. The molecule has 1 amide bonds. The minimum absolute atomic E-state index is 0.00976. The van der Waals surface area contributed by atoms with E-state index in [4.69, 9.17) is 0 Å². The lowest BCUT2D eigenvalue weighted by Crippen LogP contribution is -2.42. The highest BCUT2D eigenvalue weighted by Crippen LogP contribution is 2.21. The molecule has 2 aromatic carbocycles. The lowest BCUT2D eigenvalue weighted by molar-refractivity contribution is -0.125. The highest BCUT2D eigenvalue weighted by atomic mass is 16.2. The number of benzene rings is 2. The molecule has 4 rings (SSSR count). The third kappa shape index (κ3) is 5.46. The summed E-state index contributed by atoms with van der Waals surface area (Å²) in [5.74, 6) is 0.172. The van der Waals surface area contributed by atoms with Crippen molar-refractivity contribution in [2.24, 2.45) is 0 Å². The summed E-state index contributed by atoms with van der Waals surface area (Å²) in [4.78, 5) is 17.8. The van der Waals surface area contributed by atoms with E-state index < -0.39 is 0 Å². The van der Waals surface area contributed by atoms with Crippen molar-refractivity contribution in [3.05, 3.63) is 71.3 Å². The smallest absolute Gasteiger partial charge is 0.237 e. The minimum Gasteiger partial charge on any atom is -0.351 e. The van der Waals surface area contributed by atoms with Crippen LogP contribution in [0.2, 0.25) is 0 Å². The Morgan fingerprint density at radius 3 is 2.34 bits per heavy atom. The molecule has 154 valence electrons. The van der Waals surface area contributed by atoms with E-state index in [0.29, 0.717) is 6.54 Å². The minimum atomic E-state index is -0.00976.